The summed E-state index contributed by atoms with van der Waals surface area (Å²) < 4.78 is 30.8. The monoisotopic (exact) mass is 414 g/mol. The van der Waals surface area contributed by atoms with Crippen LogP contribution in [-0.4, -0.2) is 27.5 Å². The minimum atomic E-state index is -0.602. The number of aromatic nitrogens is 2. The van der Waals surface area contributed by atoms with Crippen molar-refractivity contribution in [3.63, 3.8) is 0 Å². The molecule has 1 saturated carbocycles. The van der Waals surface area contributed by atoms with E-state index < -0.39 is 17.7 Å². The number of hydrogen-bond acceptors (Lipinski definition) is 5. The number of pyridine rings is 1. The normalized spacial score (nSPS) is 19.2. The van der Waals surface area contributed by atoms with Crippen LogP contribution < -0.4 is 21.9 Å². The number of hydrogen-bond donors (Lipinski definition) is 3. The van der Waals surface area contributed by atoms with Crippen molar-refractivity contribution in [2.75, 3.05) is 5.01 Å². The quantitative estimate of drug-likeness (QED) is 0.557. The van der Waals surface area contributed by atoms with Crippen molar-refractivity contribution >= 4 is 28.3 Å². The van der Waals surface area contributed by atoms with Gasteiger partial charge in [0.2, 0.25) is 5.91 Å². The smallest absolute Gasteiger partial charge is 0.250 e. The van der Waals surface area contributed by atoms with E-state index in [0.717, 1.165) is 25.7 Å². The number of primary amides is 1. The van der Waals surface area contributed by atoms with Gasteiger partial charge in [0.15, 0.2) is 11.8 Å². The van der Waals surface area contributed by atoms with Crippen LogP contribution >= 0.6 is 0 Å². The summed E-state index contributed by atoms with van der Waals surface area (Å²) in [6.45, 7) is 0. The van der Waals surface area contributed by atoms with Crippen molar-refractivity contribution in [2.24, 2.45) is 18.5 Å². The molecule has 0 spiro atoms. The number of carbonyl (C=O) groups excluding carboxylic acids is 1. The summed E-state index contributed by atoms with van der Waals surface area (Å²) >= 11 is 0. The highest BCUT2D eigenvalue weighted by Gasteiger charge is 2.27. The second-order valence-corrected chi connectivity index (χ2v) is 7.65. The number of benzene rings is 1. The molecule has 2 aromatic heterocycles. The van der Waals surface area contributed by atoms with Gasteiger partial charge in [-0.25, -0.2) is 14.8 Å². The van der Waals surface area contributed by atoms with E-state index in [2.05, 4.69) is 10.4 Å². The van der Waals surface area contributed by atoms with Gasteiger partial charge in [0, 0.05) is 36.8 Å². The Morgan fingerprint density at radius 1 is 1.23 bits per heavy atom. The van der Waals surface area contributed by atoms with Gasteiger partial charge in [-0.1, -0.05) is 12.8 Å². The molecule has 1 aliphatic rings. The number of rotatable bonds is 5. The van der Waals surface area contributed by atoms with E-state index in [0.29, 0.717) is 11.3 Å². The molecule has 0 saturated heterocycles. The van der Waals surface area contributed by atoms with Gasteiger partial charge in [0.25, 0.3) is 0 Å². The number of anilines is 2. The Kier molecular flexibility index (Phi) is 5.40. The number of carbonyl (C=O) groups is 1. The molecule has 2 atom stereocenters. The third kappa shape index (κ3) is 3.61. The van der Waals surface area contributed by atoms with E-state index in [1.165, 1.54) is 35.0 Å². The van der Waals surface area contributed by atoms with Gasteiger partial charge >= 0.3 is 0 Å². The van der Waals surface area contributed by atoms with Crippen molar-refractivity contribution in [3.05, 3.63) is 53.9 Å². The van der Waals surface area contributed by atoms with Crippen molar-refractivity contribution in [2.45, 2.75) is 37.8 Å². The molecule has 1 aliphatic carbocycles. The lowest BCUT2D eigenvalue weighted by Crippen LogP contribution is -2.53. The molecule has 1 fully saturated rings. The summed E-state index contributed by atoms with van der Waals surface area (Å²) in [6, 6.07) is 7.33. The fraction of sp³-hybridized carbons (Fsp3) is 0.333. The molecule has 2 unspecified atom stereocenters. The number of halogens is 2. The molecule has 7 nitrogen and oxygen atoms in total. The van der Waals surface area contributed by atoms with Crippen LogP contribution in [0.5, 0.6) is 0 Å². The van der Waals surface area contributed by atoms with Crippen LogP contribution in [0.3, 0.4) is 0 Å². The van der Waals surface area contributed by atoms with E-state index in [1.807, 2.05) is 0 Å². The van der Waals surface area contributed by atoms with Crippen LogP contribution in [0.25, 0.3) is 10.9 Å². The number of nitrogens with one attached hydrogen (secondary N) is 1. The number of fused-ring (bicyclic) bond motifs is 1. The van der Waals surface area contributed by atoms with Gasteiger partial charge < -0.3 is 16.0 Å². The Balaban J connectivity index is 1.79. The van der Waals surface area contributed by atoms with Crippen LogP contribution in [0.2, 0.25) is 0 Å². The van der Waals surface area contributed by atoms with Crippen molar-refractivity contribution in [1.29, 1.82) is 0 Å². The highest BCUT2D eigenvalue weighted by atomic mass is 19.1. The summed E-state index contributed by atoms with van der Waals surface area (Å²) in [5, 5.41) is 1.68. The Morgan fingerprint density at radius 2 is 2.00 bits per heavy atom. The van der Waals surface area contributed by atoms with Crippen molar-refractivity contribution in [3.8, 4) is 0 Å². The lowest BCUT2D eigenvalue weighted by molar-refractivity contribution is 0.1000. The Morgan fingerprint density at radius 3 is 2.67 bits per heavy atom. The fourth-order valence-corrected chi connectivity index (χ4v) is 3.91. The number of hydrazine groups is 1. The molecule has 5 N–H and O–H groups in total. The van der Waals surface area contributed by atoms with E-state index >= 15 is 4.39 Å². The van der Waals surface area contributed by atoms with Crippen LogP contribution in [0.15, 0.2) is 36.5 Å². The van der Waals surface area contributed by atoms with E-state index in [4.69, 9.17) is 11.5 Å². The Labute approximate surface area is 172 Å². The summed E-state index contributed by atoms with van der Waals surface area (Å²) in [7, 11) is 1.54. The lowest BCUT2D eigenvalue weighted by atomic mass is 9.91. The Hall–Kier alpha value is -3.04. The highest BCUT2D eigenvalue weighted by Crippen LogP contribution is 2.32. The topological polar surface area (TPSA) is 102 Å². The maximum atomic E-state index is 15.5. The number of aryl methyl sites for hydroxylation is 1. The second kappa shape index (κ2) is 8.00. The summed E-state index contributed by atoms with van der Waals surface area (Å²) in [5.74, 6) is -1.34. The first-order chi connectivity index (χ1) is 14.4. The standard InChI is InChI=1S/C21H24F2N6O/c1-28-16-7-8-17(20(23)13(16)10-18(28)22)29(27-15-5-3-2-4-14(15)24)19-9-6-12(11-26-19)21(25)30/h6-11,14-15,27H,2-5,24H2,1H3,(H2,25,30). The van der Waals surface area contributed by atoms with E-state index in [1.54, 1.807) is 18.2 Å². The first-order valence-corrected chi connectivity index (χ1v) is 9.88. The third-order valence-electron chi connectivity index (χ3n) is 5.70. The maximum Gasteiger partial charge on any atom is 0.250 e. The average Bonchev–Trinajstić information content (AvgIpc) is 3.03. The van der Waals surface area contributed by atoms with E-state index in [9.17, 15) is 9.18 Å². The molecule has 1 amide bonds. The summed E-state index contributed by atoms with van der Waals surface area (Å²) in [5.41, 5.74) is 15.8. The predicted octanol–water partition coefficient (Wildman–Crippen LogP) is 2.86. The van der Waals surface area contributed by atoms with Gasteiger partial charge in [-0.3, -0.25) is 9.80 Å². The number of nitrogens with zero attached hydrogens (tertiary/aromatic N) is 3. The zero-order chi connectivity index (χ0) is 21.4. The minimum Gasteiger partial charge on any atom is -0.366 e. The first kappa shape index (κ1) is 20.2. The van der Waals surface area contributed by atoms with Gasteiger partial charge in [-0.2, -0.15) is 4.39 Å². The largest absolute Gasteiger partial charge is 0.366 e. The first-order valence-electron chi connectivity index (χ1n) is 9.88. The van der Waals surface area contributed by atoms with Crippen LogP contribution in [0.4, 0.5) is 20.3 Å². The molecule has 2 heterocycles. The minimum absolute atomic E-state index is 0.0843. The maximum absolute atomic E-state index is 15.5. The molecular formula is C21H24F2N6O. The molecule has 3 aromatic rings. The lowest BCUT2D eigenvalue weighted by Gasteiger charge is -2.35. The number of amides is 1. The molecule has 4 rings (SSSR count). The zero-order valence-electron chi connectivity index (χ0n) is 16.6. The highest BCUT2D eigenvalue weighted by molar-refractivity contribution is 5.92. The summed E-state index contributed by atoms with van der Waals surface area (Å²) in [4.78, 5) is 15.7. The molecule has 0 bridgehead atoms. The zero-order valence-corrected chi connectivity index (χ0v) is 16.6. The molecule has 158 valence electrons. The summed E-state index contributed by atoms with van der Waals surface area (Å²) in [6.07, 6.45) is 5.10. The Bertz CT molecular complexity index is 1080. The molecule has 30 heavy (non-hydrogen) atoms. The van der Waals surface area contributed by atoms with Gasteiger partial charge in [0.05, 0.1) is 16.8 Å². The van der Waals surface area contributed by atoms with Crippen LogP contribution in [0, 0.1) is 11.8 Å². The number of nitrogens with two attached hydrogens (primary N) is 2. The molecule has 0 radical (unpaired) electrons. The third-order valence-corrected chi connectivity index (χ3v) is 5.70. The van der Waals surface area contributed by atoms with Crippen LogP contribution in [-0.2, 0) is 7.05 Å². The SMILES string of the molecule is Cn1c(F)cc2c(F)c(N(NC3CCCCC3N)c3ccc(C(N)=O)cn3)ccc21. The van der Waals surface area contributed by atoms with Gasteiger partial charge in [-0.05, 0) is 37.1 Å². The van der Waals surface area contributed by atoms with Gasteiger partial charge in [-0.15, -0.1) is 0 Å². The van der Waals surface area contributed by atoms with Crippen molar-refractivity contribution < 1.29 is 13.6 Å². The molecule has 1 aromatic carbocycles. The van der Waals surface area contributed by atoms with Crippen LogP contribution in [0.1, 0.15) is 36.0 Å². The predicted molar refractivity (Wildman–Crippen MR) is 111 cm³/mol. The molecule has 0 aliphatic heterocycles. The fourth-order valence-electron chi connectivity index (χ4n) is 3.91. The van der Waals surface area contributed by atoms with Crippen molar-refractivity contribution in [1.82, 2.24) is 15.0 Å². The average molecular weight is 414 g/mol. The van der Waals surface area contributed by atoms with Gasteiger partial charge in [0.1, 0.15) is 5.82 Å². The molecule has 9 heteroatoms. The molecular weight excluding hydrogens is 390 g/mol. The second-order valence-electron chi connectivity index (χ2n) is 7.65. The van der Waals surface area contributed by atoms with E-state index in [-0.39, 0.29) is 28.7 Å².